The van der Waals surface area contributed by atoms with Crippen LogP contribution in [0.25, 0.3) is 0 Å². The molecule has 1 heterocycles. The first-order valence-corrected chi connectivity index (χ1v) is 7.28. The van der Waals surface area contributed by atoms with Gasteiger partial charge in [0.15, 0.2) is 0 Å². The van der Waals surface area contributed by atoms with Crippen molar-refractivity contribution in [3.8, 4) is 0 Å². The molecule has 2 aromatic carbocycles. The molecule has 0 saturated carbocycles. The van der Waals surface area contributed by atoms with Crippen LogP contribution in [0.2, 0.25) is 0 Å². The second-order valence-electron chi connectivity index (χ2n) is 4.77. The second-order valence-corrected chi connectivity index (χ2v) is 6.25. The zero-order valence-corrected chi connectivity index (χ0v) is 11.3. The molecule has 0 bridgehead atoms. The average Bonchev–Trinajstić information content (AvgIpc) is 2.57. The van der Waals surface area contributed by atoms with E-state index in [-0.39, 0.29) is 0 Å². The summed E-state index contributed by atoms with van der Waals surface area (Å²) in [6.07, 6.45) is 1.16. The van der Waals surface area contributed by atoms with Crippen LogP contribution in [0.3, 0.4) is 0 Å². The molecule has 1 N–H and O–H groups in total. The van der Waals surface area contributed by atoms with Gasteiger partial charge in [-0.15, -0.1) is 11.8 Å². The molecule has 0 saturated heterocycles. The summed E-state index contributed by atoms with van der Waals surface area (Å²) in [6.45, 7) is 2.31. The molecule has 2 aromatic rings. The Bertz CT molecular complexity index is 524. The Morgan fingerprint density at radius 2 is 1.72 bits per heavy atom. The third kappa shape index (κ3) is 2.39. The lowest BCUT2D eigenvalue weighted by Gasteiger charge is -2.19. The standard InChI is InChI=1S/C16H17NS/c1-12-11-15(13-7-3-2-4-8-13)17-14-9-5-6-10-16(14)18-12/h2-10,12,15,17H,11H2,1H3. The summed E-state index contributed by atoms with van der Waals surface area (Å²) in [7, 11) is 0. The molecule has 0 aromatic heterocycles. The minimum Gasteiger partial charge on any atom is -0.377 e. The monoisotopic (exact) mass is 255 g/mol. The molecule has 2 unspecified atom stereocenters. The smallest absolute Gasteiger partial charge is 0.0524 e. The molecule has 2 heteroatoms. The summed E-state index contributed by atoms with van der Waals surface area (Å²) in [4.78, 5) is 1.36. The number of thioether (sulfide) groups is 1. The Labute approximate surface area is 113 Å². The van der Waals surface area contributed by atoms with Gasteiger partial charge in [0, 0.05) is 15.8 Å². The minimum atomic E-state index is 0.414. The van der Waals surface area contributed by atoms with Crippen molar-refractivity contribution in [3.05, 3.63) is 60.2 Å². The van der Waals surface area contributed by atoms with Gasteiger partial charge in [0.1, 0.15) is 0 Å². The van der Waals surface area contributed by atoms with Crippen molar-refractivity contribution >= 4 is 17.4 Å². The van der Waals surface area contributed by atoms with E-state index in [1.54, 1.807) is 0 Å². The van der Waals surface area contributed by atoms with Crippen LogP contribution in [-0.4, -0.2) is 5.25 Å². The Balaban J connectivity index is 1.95. The second kappa shape index (κ2) is 5.07. The van der Waals surface area contributed by atoms with Gasteiger partial charge in [-0.3, -0.25) is 0 Å². The molecular weight excluding hydrogens is 238 g/mol. The zero-order chi connectivity index (χ0) is 12.4. The van der Waals surface area contributed by atoms with Crippen molar-refractivity contribution in [2.24, 2.45) is 0 Å². The third-order valence-electron chi connectivity index (χ3n) is 3.31. The number of para-hydroxylation sites is 1. The molecule has 92 valence electrons. The van der Waals surface area contributed by atoms with Gasteiger partial charge in [-0.05, 0) is 24.1 Å². The van der Waals surface area contributed by atoms with Gasteiger partial charge in [0.25, 0.3) is 0 Å². The van der Waals surface area contributed by atoms with Gasteiger partial charge in [0.2, 0.25) is 0 Å². The fourth-order valence-corrected chi connectivity index (χ4v) is 3.57. The molecule has 18 heavy (non-hydrogen) atoms. The highest BCUT2D eigenvalue weighted by Gasteiger charge is 2.21. The van der Waals surface area contributed by atoms with Crippen LogP contribution >= 0.6 is 11.8 Å². The van der Waals surface area contributed by atoms with Crippen molar-refractivity contribution < 1.29 is 0 Å². The van der Waals surface area contributed by atoms with Gasteiger partial charge in [0.05, 0.1) is 6.04 Å². The zero-order valence-electron chi connectivity index (χ0n) is 10.5. The SMILES string of the molecule is CC1CC(c2ccccc2)Nc2ccccc2S1. The van der Waals surface area contributed by atoms with Crippen molar-refractivity contribution in [3.63, 3.8) is 0 Å². The normalized spacial score (nSPS) is 22.7. The minimum absolute atomic E-state index is 0.414. The first-order chi connectivity index (χ1) is 8.83. The van der Waals surface area contributed by atoms with Crippen molar-refractivity contribution in [2.45, 2.75) is 29.5 Å². The molecule has 3 rings (SSSR count). The van der Waals surface area contributed by atoms with E-state index in [2.05, 4.69) is 66.8 Å². The van der Waals surface area contributed by atoms with Gasteiger partial charge in [-0.2, -0.15) is 0 Å². The van der Waals surface area contributed by atoms with E-state index in [1.807, 2.05) is 11.8 Å². The molecular formula is C16H17NS. The van der Waals surface area contributed by atoms with E-state index < -0.39 is 0 Å². The highest BCUT2D eigenvalue weighted by Crippen LogP contribution is 2.40. The van der Waals surface area contributed by atoms with E-state index in [0.29, 0.717) is 11.3 Å². The Hall–Kier alpha value is -1.41. The number of hydrogen-bond donors (Lipinski definition) is 1. The maximum absolute atomic E-state index is 3.69. The molecule has 1 nitrogen and oxygen atoms in total. The summed E-state index contributed by atoms with van der Waals surface area (Å²) < 4.78 is 0. The van der Waals surface area contributed by atoms with Crippen molar-refractivity contribution in [1.82, 2.24) is 0 Å². The molecule has 1 aliphatic rings. The van der Waals surface area contributed by atoms with E-state index in [0.717, 1.165) is 6.42 Å². The topological polar surface area (TPSA) is 12.0 Å². The van der Waals surface area contributed by atoms with Gasteiger partial charge < -0.3 is 5.32 Å². The molecule has 0 spiro atoms. The van der Waals surface area contributed by atoms with Crippen molar-refractivity contribution in [1.29, 1.82) is 0 Å². The fourth-order valence-electron chi connectivity index (χ4n) is 2.44. The maximum atomic E-state index is 3.69. The number of nitrogens with one attached hydrogen (secondary N) is 1. The lowest BCUT2D eigenvalue weighted by molar-refractivity contribution is 0.694. The predicted molar refractivity (Wildman–Crippen MR) is 79.2 cm³/mol. The predicted octanol–water partition coefficient (Wildman–Crippen LogP) is 4.72. The summed E-state index contributed by atoms with van der Waals surface area (Å²) >= 11 is 1.97. The maximum Gasteiger partial charge on any atom is 0.0524 e. The van der Waals surface area contributed by atoms with E-state index in [9.17, 15) is 0 Å². The lowest BCUT2D eigenvalue weighted by Crippen LogP contribution is -2.12. The number of fused-ring (bicyclic) bond motifs is 1. The van der Waals surface area contributed by atoms with Crippen LogP contribution in [0.1, 0.15) is 24.9 Å². The van der Waals surface area contributed by atoms with Crippen LogP contribution in [0.5, 0.6) is 0 Å². The van der Waals surface area contributed by atoms with Crippen LogP contribution in [0, 0.1) is 0 Å². The van der Waals surface area contributed by atoms with Crippen LogP contribution in [0.15, 0.2) is 59.5 Å². The molecule has 0 aliphatic carbocycles. The van der Waals surface area contributed by atoms with E-state index in [1.165, 1.54) is 16.1 Å². The van der Waals surface area contributed by atoms with Gasteiger partial charge >= 0.3 is 0 Å². The average molecular weight is 255 g/mol. The third-order valence-corrected chi connectivity index (χ3v) is 4.52. The lowest BCUT2D eigenvalue weighted by atomic mass is 10.0. The summed E-state index contributed by atoms with van der Waals surface area (Å²) in [6, 6.07) is 19.7. The highest BCUT2D eigenvalue weighted by molar-refractivity contribution is 8.00. The van der Waals surface area contributed by atoms with E-state index in [4.69, 9.17) is 0 Å². The summed E-state index contributed by atoms with van der Waals surface area (Å²) in [5, 5.41) is 4.32. The molecule has 0 radical (unpaired) electrons. The molecule has 0 amide bonds. The van der Waals surface area contributed by atoms with Crippen LogP contribution in [0.4, 0.5) is 5.69 Å². The molecule has 1 aliphatic heterocycles. The van der Waals surface area contributed by atoms with E-state index >= 15 is 0 Å². The Kier molecular flexibility index (Phi) is 3.28. The Morgan fingerprint density at radius 1 is 1.00 bits per heavy atom. The summed E-state index contributed by atoms with van der Waals surface area (Å²) in [5.41, 5.74) is 2.64. The van der Waals surface area contributed by atoms with Crippen molar-refractivity contribution in [2.75, 3.05) is 5.32 Å². The number of benzene rings is 2. The van der Waals surface area contributed by atoms with Crippen LogP contribution in [-0.2, 0) is 0 Å². The first-order valence-electron chi connectivity index (χ1n) is 6.40. The first kappa shape index (κ1) is 11.7. The molecule has 0 fully saturated rings. The highest BCUT2D eigenvalue weighted by atomic mass is 32.2. The quantitative estimate of drug-likeness (QED) is 0.791. The Morgan fingerprint density at radius 3 is 2.56 bits per heavy atom. The number of rotatable bonds is 1. The van der Waals surface area contributed by atoms with Gasteiger partial charge in [-0.25, -0.2) is 0 Å². The molecule has 2 atom stereocenters. The number of hydrogen-bond acceptors (Lipinski definition) is 2. The summed E-state index contributed by atoms with van der Waals surface area (Å²) in [5.74, 6) is 0. The largest absolute Gasteiger partial charge is 0.377 e. The fraction of sp³-hybridized carbons (Fsp3) is 0.250. The number of anilines is 1. The van der Waals surface area contributed by atoms with Crippen LogP contribution < -0.4 is 5.32 Å². The van der Waals surface area contributed by atoms with Gasteiger partial charge in [-0.1, -0.05) is 49.4 Å².